The average Bonchev–Trinajstić information content (AvgIpc) is 2.87. The molecule has 3 aromatic rings. The zero-order valence-corrected chi connectivity index (χ0v) is 19.6. The quantitative estimate of drug-likeness (QED) is 0.460. The first-order valence-electron chi connectivity index (χ1n) is 10.5. The van der Waals surface area contributed by atoms with Crippen LogP contribution in [0.3, 0.4) is 0 Å². The predicted octanol–water partition coefficient (Wildman–Crippen LogP) is 4.46. The van der Waals surface area contributed by atoms with E-state index in [1.54, 1.807) is 55.6 Å². The summed E-state index contributed by atoms with van der Waals surface area (Å²) in [5, 5.41) is 5.71. The van der Waals surface area contributed by atoms with Crippen LogP contribution in [0.15, 0.2) is 65.6 Å². The van der Waals surface area contributed by atoms with Crippen LogP contribution in [-0.4, -0.2) is 45.0 Å². The fourth-order valence-corrected chi connectivity index (χ4v) is 3.98. The Morgan fingerprint density at radius 2 is 1.53 bits per heavy atom. The number of amides is 2. The van der Waals surface area contributed by atoms with Crippen molar-refractivity contribution < 1.29 is 28.5 Å². The highest BCUT2D eigenvalue weighted by molar-refractivity contribution is 8.00. The molecule has 8 nitrogen and oxygen atoms in total. The third kappa shape index (κ3) is 5.74. The van der Waals surface area contributed by atoms with Crippen molar-refractivity contribution >= 4 is 35.0 Å². The van der Waals surface area contributed by atoms with E-state index in [2.05, 4.69) is 10.6 Å². The van der Waals surface area contributed by atoms with E-state index in [0.717, 1.165) is 4.90 Å². The highest BCUT2D eigenvalue weighted by Crippen LogP contribution is 2.33. The Kier molecular flexibility index (Phi) is 7.44. The van der Waals surface area contributed by atoms with Crippen LogP contribution in [0.2, 0.25) is 0 Å². The molecular formula is C25H24N2O6S. The van der Waals surface area contributed by atoms with Crippen molar-refractivity contribution in [2.45, 2.75) is 4.90 Å². The van der Waals surface area contributed by atoms with Gasteiger partial charge in [-0.05, 0) is 54.6 Å². The van der Waals surface area contributed by atoms with Crippen LogP contribution in [0.1, 0.15) is 10.4 Å². The molecule has 1 aliphatic heterocycles. The van der Waals surface area contributed by atoms with E-state index in [0.29, 0.717) is 53.2 Å². The number of thioether (sulfide) groups is 1. The number of hydrogen-bond donors (Lipinski definition) is 2. The van der Waals surface area contributed by atoms with Gasteiger partial charge < -0.3 is 29.6 Å². The number of hydrogen-bond acceptors (Lipinski definition) is 7. The Labute approximate surface area is 201 Å². The summed E-state index contributed by atoms with van der Waals surface area (Å²) >= 11 is 1.40. The van der Waals surface area contributed by atoms with Crippen molar-refractivity contribution in [3.05, 3.63) is 66.2 Å². The number of ether oxygens (including phenoxy) is 4. The molecule has 1 aliphatic rings. The van der Waals surface area contributed by atoms with Gasteiger partial charge in [-0.2, -0.15) is 0 Å². The molecule has 0 bridgehead atoms. The normalized spacial score (nSPS) is 11.9. The predicted molar refractivity (Wildman–Crippen MR) is 131 cm³/mol. The van der Waals surface area contributed by atoms with Crippen molar-refractivity contribution in [1.82, 2.24) is 0 Å². The van der Waals surface area contributed by atoms with E-state index < -0.39 is 0 Å². The maximum atomic E-state index is 12.6. The molecule has 0 unspecified atom stereocenters. The van der Waals surface area contributed by atoms with E-state index >= 15 is 0 Å². The molecule has 1 heterocycles. The number of benzene rings is 3. The minimum Gasteiger partial charge on any atom is -0.493 e. The van der Waals surface area contributed by atoms with Crippen LogP contribution in [-0.2, 0) is 4.79 Å². The molecule has 2 N–H and O–H groups in total. The van der Waals surface area contributed by atoms with Gasteiger partial charge in [-0.1, -0.05) is 0 Å². The van der Waals surface area contributed by atoms with Gasteiger partial charge in [0.15, 0.2) is 23.0 Å². The van der Waals surface area contributed by atoms with Gasteiger partial charge in [0, 0.05) is 27.9 Å². The summed E-state index contributed by atoms with van der Waals surface area (Å²) in [5.41, 5.74) is 1.75. The van der Waals surface area contributed by atoms with Gasteiger partial charge >= 0.3 is 0 Å². The number of carbonyl (C=O) groups excluding carboxylic acids is 2. The monoisotopic (exact) mass is 480 g/mol. The summed E-state index contributed by atoms with van der Waals surface area (Å²) in [5.74, 6) is 2.19. The van der Waals surface area contributed by atoms with E-state index in [1.165, 1.54) is 18.9 Å². The third-order valence-electron chi connectivity index (χ3n) is 4.95. The van der Waals surface area contributed by atoms with Crippen LogP contribution in [0.25, 0.3) is 0 Å². The lowest BCUT2D eigenvalue weighted by Gasteiger charge is -2.19. The Bertz CT molecular complexity index is 1180. The topological polar surface area (TPSA) is 95.1 Å². The molecule has 2 amide bonds. The molecule has 0 radical (unpaired) electrons. The highest BCUT2D eigenvalue weighted by atomic mass is 32.2. The van der Waals surface area contributed by atoms with Gasteiger partial charge in [0.05, 0.1) is 20.0 Å². The molecule has 0 aliphatic carbocycles. The minimum absolute atomic E-state index is 0.132. The summed E-state index contributed by atoms with van der Waals surface area (Å²) in [6.07, 6.45) is 0. The summed E-state index contributed by atoms with van der Waals surface area (Å²) in [4.78, 5) is 25.8. The lowest BCUT2D eigenvalue weighted by atomic mass is 10.2. The largest absolute Gasteiger partial charge is 0.493 e. The van der Waals surface area contributed by atoms with Gasteiger partial charge in [-0.3, -0.25) is 9.59 Å². The van der Waals surface area contributed by atoms with E-state index in [-0.39, 0.29) is 17.6 Å². The second kappa shape index (κ2) is 10.8. The molecule has 0 atom stereocenters. The lowest BCUT2D eigenvalue weighted by Crippen LogP contribution is -2.17. The van der Waals surface area contributed by atoms with Gasteiger partial charge in [0.1, 0.15) is 13.2 Å². The number of carbonyl (C=O) groups is 2. The van der Waals surface area contributed by atoms with Crippen molar-refractivity contribution in [2.75, 3.05) is 43.8 Å². The van der Waals surface area contributed by atoms with Crippen LogP contribution in [0.5, 0.6) is 23.0 Å². The minimum atomic E-state index is -0.264. The molecular weight excluding hydrogens is 456 g/mol. The summed E-state index contributed by atoms with van der Waals surface area (Å²) in [6, 6.07) is 17.6. The molecule has 0 spiro atoms. The fourth-order valence-electron chi connectivity index (χ4n) is 3.28. The SMILES string of the molecule is COc1ccc(C(=O)Nc2ccc(SCC(=O)Nc3ccc4c(c3)OCCO4)cc2)cc1OC. The van der Waals surface area contributed by atoms with E-state index in [1.807, 2.05) is 12.1 Å². The van der Waals surface area contributed by atoms with Crippen LogP contribution in [0, 0.1) is 0 Å². The number of rotatable bonds is 8. The van der Waals surface area contributed by atoms with E-state index in [9.17, 15) is 9.59 Å². The first kappa shape index (κ1) is 23.3. The van der Waals surface area contributed by atoms with Crippen molar-refractivity contribution in [3.8, 4) is 23.0 Å². The number of methoxy groups -OCH3 is 2. The van der Waals surface area contributed by atoms with Gasteiger partial charge in [0.25, 0.3) is 5.91 Å². The zero-order valence-electron chi connectivity index (χ0n) is 18.8. The first-order valence-corrected chi connectivity index (χ1v) is 11.5. The lowest BCUT2D eigenvalue weighted by molar-refractivity contribution is -0.113. The summed E-state index contributed by atoms with van der Waals surface area (Å²) < 4.78 is 21.5. The molecule has 9 heteroatoms. The molecule has 0 aromatic heterocycles. The molecule has 34 heavy (non-hydrogen) atoms. The average molecular weight is 481 g/mol. The Morgan fingerprint density at radius 3 is 2.26 bits per heavy atom. The smallest absolute Gasteiger partial charge is 0.255 e. The van der Waals surface area contributed by atoms with Crippen molar-refractivity contribution in [1.29, 1.82) is 0 Å². The van der Waals surface area contributed by atoms with Crippen LogP contribution >= 0.6 is 11.8 Å². The summed E-state index contributed by atoms with van der Waals surface area (Å²) in [7, 11) is 3.06. The maximum absolute atomic E-state index is 12.6. The highest BCUT2D eigenvalue weighted by Gasteiger charge is 2.14. The second-order valence-corrected chi connectivity index (χ2v) is 8.29. The number of nitrogens with one attached hydrogen (secondary N) is 2. The Hall–Kier alpha value is -3.85. The molecule has 176 valence electrons. The van der Waals surface area contributed by atoms with Crippen LogP contribution < -0.4 is 29.6 Å². The number of anilines is 2. The second-order valence-electron chi connectivity index (χ2n) is 7.24. The standard InChI is InChI=1S/C25H24N2O6S/c1-30-20-9-3-16(13-22(20)31-2)25(29)27-17-4-7-19(8-5-17)34-15-24(28)26-18-6-10-21-23(14-18)33-12-11-32-21/h3-10,13-14H,11-12,15H2,1-2H3,(H,26,28)(H,27,29). The fraction of sp³-hybridized carbons (Fsp3) is 0.200. The molecule has 0 saturated carbocycles. The van der Waals surface area contributed by atoms with Gasteiger partial charge in [-0.15, -0.1) is 11.8 Å². The Morgan fingerprint density at radius 1 is 0.824 bits per heavy atom. The first-order chi connectivity index (χ1) is 16.6. The Balaban J connectivity index is 1.29. The van der Waals surface area contributed by atoms with Gasteiger partial charge in [-0.25, -0.2) is 0 Å². The molecule has 0 saturated heterocycles. The molecule has 0 fully saturated rings. The van der Waals surface area contributed by atoms with Gasteiger partial charge in [0.2, 0.25) is 5.91 Å². The van der Waals surface area contributed by atoms with Crippen molar-refractivity contribution in [3.63, 3.8) is 0 Å². The number of fused-ring (bicyclic) bond motifs is 1. The maximum Gasteiger partial charge on any atom is 0.255 e. The molecule has 3 aromatic carbocycles. The third-order valence-corrected chi connectivity index (χ3v) is 5.97. The van der Waals surface area contributed by atoms with Crippen LogP contribution in [0.4, 0.5) is 11.4 Å². The molecule has 4 rings (SSSR count). The zero-order chi connectivity index (χ0) is 23.9. The van der Waals surface area contributed by atoms with Crippen molar-refractivity contribution in [2.24, 2.45) is 0 Å². The summed E-state index contributed by atoms with van der Waals surface area (Å²) in [6.45, 7) is 1.01. The van der Waals surface area contributed by atoms with E-state index in [4.69, 9.17) is 18.9 Å².